The molecule has 0 nitrogen and oxygen atoms in total. The highest BCUT2D eigenvalue weighted by molar-refractivity contribution is 5.65. The van der Waals surface area contributed by atoms with E-state index in [1.165, 1.54) is 37.0 Å². The Hall–Kier alpha value is -2.14. The molecule has 142 valence electrons. The maximum atomic E-state index is 14.5. The third kappa shape index (κ3) is 4.98. The standard InChI is InChI=1S/C25H28F2/c1-3-5-19-10-13-21(14-11-19)22-16-24(26)23(25(27)17-22)15-12-20-8-6-18(4-2)7-9-20/h10-11,13-14,16-18,20H,3-9H2,1-2H3/t18-,20-. The van der Waals surface area contributed by atoms with Gasteiger partial charge in [-0.2, -0.15) is 0 Å². The summed E-state index contributed by atoms with van der Waals surface area (Å²) in [4.78, 5) is 0. The van der Waals surface area contributed by atoms with Crippen LogP contribution in [0, 0.1) is 35.3 Å². The molecule has 2 heteroatoms. The zero-order valence-electron chi connectivity index (χ0n) is 16.3. The van der Waals surface area contributed by atoms with E-state index in [1.807, 2.05) is 24.3 Å². The van der Waals surface area contributed by atoms with Crippen LogP contribution in [0.5, 0.6) is 0 Å². The molecule has 0 bridgehead atoms. The fraction of sp³-hybridized carbons (Fsp3) is 0.440. The third-order valence-electron chi connectivity index (χ3n) is 5.69. The third-order valence-corrected chi connectivity index (χ3v) is 5.69. The first kappa shape index (κ1) is 19.6. The van der Waals surface area contributed by atoms with Gasteiger partial charge in [0.1, 0.15) is 11.6 Å². The van der Waals surface area contributed by atoms with Crippen molar-refractivity contribution in [1.82, 2.24) is 0 Å². The Bertz CT molecular complexity index is 793. The quantitative estimate of drug-likeness (QED) is 0.504. The molecule has 1 saturated carbocycles. The van der Waals surface area contributed by atoms with E-state index in [4.69, 9.17) is 0 Å². The summed E-state index contributed by atoms with van der Waals surface area (Å²) in [6.45, 7) is 4.36. The van der Waals surface area contributed by atoms with E-state index in [-0.39, 0.29) is 11.5 Å². The lowest BCUT2D eigenvalue weighted by molar-refractivity contribution is 0.309. The summed E-state index contributed by atoms with van der Waals surface area (Å²) in [7, 11) is 0. The lowest BCUT2D eigenvalue weighted by atomic mass is 9.81. The minimum absolute atomic E-state index is 0.0982. The SMILES string of the molecule is CCCc1ccc(-c2cc(F)c(C#C[C@H]3CC[C@H](CC)CC3)c(F)c2)cc1. The van der Waals surface area contributed by atoms with Crippen LogP contribution in [0.4, 0.5) is 8.78 Å². The predicted octanol–water partition coefficient (Wildman–Crippen LogP) is 7.15. The second-order valence-electron chi connectivity index (χ2n) is 7.66. The first-order valence-corrected chi connectivity index (χ1v) is 10.2. The van der Waals surface area contributed by atoms with Crippen molar-refractivity contribution < 1.29 is 8.78 Å². The van der Waals surface area contributed by atoms with Crippen LogP contribution in [0.1, 0.15) is 63.5 Å². The molecule has 0 aromatic heterocycles. The highest BCUT2D eigenvalue weighted by Gasteiger charge is 2.18. The van der Waals surface area contributed by atoms with Gasteiger partial charge in [-0.25, -0.2) is 8.78 Å². The van der Waals surface area contributed by atoms with Crippen LogP contribution in [0.3, 0.4) is 0 Å². The fourth-order valence-corrected chi connectivity index (χ4v) is 3.90. The second kappa shape index (κ2) is 9.18. The number of hydrogen-bond donors (Lipinski definition) is 0. The molecule has 1 aliphatic rings. The van der Waals surface area contributed by atoms with Gasteiger partial charge >= 0.3 is 0 Å². The van der Waals surface area contributed by atoms with E-state index in [0.717, 1.165) is 37.2 Å². The molecule has 0 spiro atoms. The first-order valence-electron chi connectivity index (χ1n) is 10.2. The van der Waals surface area contributed by atoms with Crippen molar-refractivity contribution in [3.8, 4) is 23.0 Å². The van der Waals surface area contributed by atoms with Gasteiger partial charge < -0.3 is 0 Å². The number of hydrogen-bond acceptors (Lipinski definition) is 0. The van der Waals surface area contributed by atoms with Gasteiger partial charge in [0, 0.05) is 5.92 Å². The van der Waals surface area contributed by atoms with Crippen LogP contribution in [-0.4, -0.2) is 0 Å². The summed E-state index contributed by atoms with van der Waals surface area (Å²) in [5.74, 6) is 5.81. The highest BCUT2D eigenvalue weighted by atomic mass is 19.1. The maximum Gasteiger partial charge on any atom is 0.142 e. The van der Waals surface area contributed by atoms with Gasteiger partial charge in [-0.3, -0.25) is 0 Å². The van der Waals surface area contributed by atoms with Gasteiger partial charge in [-0.1, -0.05) is 62.8 Å². The molecule has 2 aromatic carbocycles. The lowest BCUT2D eigenvalue weighted by Gasteiger charge is -2.24. The van der Waals surface area contributed by atoms with Gasteiger partial charge in [0.05, 0.1) is 5.56 Å². The van der Waals surface area contributed by atoms with Crippen LogP contribution in [-0.2, 0) is 6.42 Å². The Kier molecular flexibility index (Phi) is 6.67. The van der Waals surface area contributed by atoms with E-state index in [2.05, 4.69) is 25.7 Å². The smallest absolute Gasteiger partial charge is 0.142 e. The molecule has 0 N–H and O–H groups in total. The lowest BCUT2D eigenvalue weighted by Crippen LogP contribution is -2.12. The van der Waals surface area contributed by atoms with Crippen LogP contribution in [0.25, 0.3) is 11.1 Å². The second-order valence-corrected chi connectivity index (χ2v) is 7.66. The molecule has 0 atom stereocenters. The van der Waals surface area contributed by atoms with E-state index in [1.54, 1.807) is 0 Å². The molecule has 0 amide bonds. The van der Waals surface area contributed by atoms with Crippen molar-refractivity contribution in [3.63, 3.8) is 0 Å². The minimum Gasteiger partial charge on any atom is -0.205 e. The zero-order valence-corrected chi connectivity index (χ0v) is 16.3. The van der Waals surface area contributed by atoms with Crippen LogP contribution >= 0.6 is 0 Å². The summed E-state index contributed by atoms with van der Waals surface area (Å²) < 4.78 is 29.0. The molecule has 0 radical (unpaired) electrons. The maximum absolute atomic E-state index is 14.5. The number of halogens is 2. The van der Waals surface area contributed by atoms with E-state index in [9.17, 15) is 8.78 Å². The minimum atomic E-state index is -0.572. The number of benzene rings is 2. The molecular weight excluding hydrogens is 338 g/mol. The van der Waals surface area contributed by atoms with Gasteiger partial charge in [-0.05, 0) is 66.8 Å². The van der Waals surface area contributed by atoms with Gasteiger partial charge in [0.2, 0.25) is 0 Å². The van der Waals surface area contributed by atoms with Crippen LogP contribution in [0.15, 0.2) is 36.4 Å². The predicted molar refractivity (Wildman–Crippen MR) is 108 cm³/mol. The molecular formula is C25H28F2. The average molecular weight is 366 g/mol. The fourth-order valence-electron chi connectivity index (χ4n) is 3.90. The average Bonchev–Trinajstić information content (AvgIpc) is 2.68. The first-order chi connectivity index (χ1) is 13.1. The van der Waals surface area contributed by atoms with Crippen molar-refractivity contribution in [3.05, 3.63) is 59.2 Å². The highest BCUT2D eigenvalue weighted by Crippen LogP contribution is 2.30. The molecule has 2 aromatic rings. The largest absolute Gasteiger partial charge is 0.205 e. The molecule has 0 saturated heterocycles. The van der Waals surface area contributed by atoms with Crippen molar-refractivity contribution in [2.45, 2.75) is 58.8 Å². The topological polar surface area (TPSA) is 0 Å². The number of rotatable bonds is 4. The monoisotopic (exact) mass is 366 g/mol. The van der Waals surface area contributed by atoms with Gasteiger partial charge in [0.15, 0.2) is 0 Å². The van der Waals surface area contributed by atoms with Gasteiger partial charge in [0.25, 0.3) is 0 Å². The van der Waals surface area contributed by atoms with Crippen LogP contribution in [0.2, 0.25) is 0 Å². The van der Waals surface area contributed by atoms with Gasteiger partial charge in [-0.15, -0.1) is 0 Å². The van der Waals surface area contributed by atoms with E-state index >= 15 is 0 Å². The Labute approximate surface area is 162 Å². The Morgan fingerprint density at radius 2 is 1.52 bits per heavy atom. The normalized spacial score (nSPS) is 19.4. The van der Waals surface area contributed by atoms with E-state index < -0.39 is 11.6 Å². The summed E-state index contributed by atoms with van der Waals surface area (Å²) in [6.07, 6.45) is 7.73. The Morgan fingerprint density at radius 1 is 0.889 bits per heavy atom. The van der Waals surface area contributed by atoms with Crippen molar-refractivity contribution in [1.29, 1.82) is 0 Å². The van der Waals surface area contributed by atoms with Crippen molar-refractivity contribution in [2.24, 2.45) is 11.8 Å². The molecule has 1 fully saturated rings. The van der Waals surface area contributed by atoms with Crippen LogP contribution < -0.4 is 0 Å². The zero-order chi connectivity index (χ0) is 19.2. The molecule has 0 unspecified atom stereocenters. The Morgan fingerprint density at radius 3 is 2.07 bits per heavy atom. The molecule has 0 heterocycles. The summed E-state index contributed by atoms with van der Waals surface area (Å²) >= 11 is 0. The van der Waals surface area contributed by atoms with Crippen molar-refractivity contribution in [2.75, 3.05) is 0 Å². The molecule has 27 heavy (non-hydrogen) atoms. The summed E-state index contributed by atoms with van der Waals surface area (Å²) in [5, 5.41) is 0. The summed E-state index contributed by atoms with van der Waals surface area (Å²) in [6, 6.07) is 10.7. The summed E-state index contributed by atoms with van der Waals surface area (Å²) in [5.41, 5.74) is 2.52. The molecule has 1 aliphatic carbocycles. The Balaban J connectivity index is 1.76. The van der Waals surface area contributed by atoms with Crippen molar-refractivity contribution >= 4 is 0 Å². The molecule has 3 rings (SSSR count). The number of aryl methyl sites for hydroxylation is 1. The van der Waals surface area contributed by atoms with E-state index in [0.29, 0.717) is 5.56 Å². The molecule has 0 aliphatic heterocycles.